The van der Waals surface area contributed by atoms with Crippen molar-refractivity contribution in [2.45, 2.75) is 19.2 Å². The molecule has 1 rings (SSSR count). The van der Waals surface area contributed by atoms with Crippen LogP contribution in [0.5, 0.6) is 5.88 Å². The van der Waals surface area contributed by atoms with Gasteiger partial charge in [-0.25, -0.2) is 13.8 Å². The zero-order valence-electron chi connectivity index (χ0n) is 8.55. The van der Waals surface area contributed by atoms with E-state index in [4.69, 9.17) is 5.11 Å². The molecule has 0 bridgehead atoms. The molecule has 0 aliphatic rings. The molecule has 1 N–H and O–H groups in total. The molecule has 1 aromatic heterocycles. The smallest absolute Gasteiger partial charge is 0.433 e. The van der Waals surface area contributed by atoms with Crippen molar-refractivity contribution in [1.82, 2.24) is 4.98 Å². The number of halogens is 5. The number of aliphatic hydroxyl groups is 1. The molecule has 1 aromatic rings. The van der Waals surface area contributed by atoms with Crippen LogP contribution in [0.4, 0.5) is 22.0 Å². The lowest BCUT2D eigenvalue weighted by Crippen LogP contribution is -2.12. The molecule has 96 valence electrons. The number of nitrogens with zero attached hydrogens (tertiary/aromatic N) is 1. The fourth-order valence-corrected chi connectivity index (χ4v) is 1.23. The molecule has 1 heterocycles. The summed E-state index contributed by atoms with van der Waals surface area (Å²) in [6, 6.07) is 0.207. The first kappa shape index (κ1) is 13.6. The van der Waals surface area contributed by atoms with Crippen molar-refractivity contribution in [3.63, 3.8) is 0 Å². The van der Waals surface area contributed by atoms with Crippen molar-refractivity contribution in [2.75, 3.05) is 7.11 Å². The molecule has 0 aliphatic heterocycles. The van der Waals surface area contributed by atoms with E-state index in [1.807, 2.05) is 0 Å². The average Bonchev–Trinajstić information content (AvgIpc) is 2.25. The van der Waals surface area contributed by atoms with E-state index in [1.54, 1.807) is 0 Å². The third kappa shape index (κ3) is 2.82. The lowest BCUT2D eigenvalue weighted by molar-refractivity contribution is -0.141. The third-order valence-electron chi connectivity index (χ3n) is 2.00. The molecule has 17 heavy (non-hydrogen) atoms. The van der Waals surface area contributed by atoms with Crippen LogP contribution in [0.25, 0.3) is 0 Å². The Balaban J connectivity index is 3.46. The van der Waals surface area contributed by atoms with Crippen LogP contribution in [-0.4, -0.2) is 17.2 Å². The summed E-state index contributed by atoms with van der Waals surface area (Å²) in [5.41, 5.74) is -2.87. The number of aliphatic hydroxyl groups excluding tert-OH is 1. The largest absolute Gasteiger partial charge is 0.481 e. The molecule has 0 aromatic carbocycles. The Morgan fingerprint density at radius 3 is 2.35 bits per heavy atom. The molecule has 0 atom stereocenters. The number of aromatic nitrogens is 1. The SMILES string of the molecule is COc1nc(C(F)(F)F)cc(C(F)F)c1CO. The molecule has 8 heteroatoms. The molecule has 0 fully saturated rings. The van der Waals surface area contributed by atoms with E-state index in [-0.39, 0.29) is 6.07 Å². The number of rotatable bonds is 3. The summed E-state index contributed by atoms with van der Waals surface area (Å²) in [5, 5.41) is 8.84. The van der Waals surface area contributed by atoms with Crippen LogP contribution < -0.4 is 4.74 Å². The number of ether oxygens (including phenoxy) is 1. The fourth-order valence-electron chi connectivity index (χ4n) is 1.23. The number of hydrogen-bond acceptors (Lipinski definition) is 3. The van der Waals surface area contributed by atoms with Crippen LogP contribution in [0.15, 0.2) is 6.07 Å². The van der Waals surface area contributed by atoms with E-state index >= 15 is 0 Å². The second kappa shape index (κ2) is 4.82. The fraction of sp³-hybridized carbons (Fsp3) is 0.444. The summed E-state index contributed by atoms with van der Waals surface area (Å²) in [4.78, 5) is 3.04. The van der Waals surface area contributed by atoms with Gasteiger partial charge < -0.3 is 9.84 Å². The maximum Gasteiger partial charge on any atom is 0.433 e. The Morgan fingerprint density at radius 1 is 1.41 bits per heavy atom. The summed E-state index contributed by atoms with van der Waals surface area (Å²) in [5.74, 6) is -0.655. The van der Waals surface area contributed by atoms with Gasteiger partial charge in [-0.1, -0.05) is 0 Å². The Kier molecular flexibility index (Phi) is 3.87. The third-order valence-corrected chi connectivity index (χ3v) is 2.00. The first-order valence-electron chi connectivity index (χ1n) is 4.35. The van der Waals surface area contributed by atoms with Crippen molar-refractivity contribution in [2.24, 2.45) is 0 Å². The minimum atomic E-state index is -4.86. The minimum Gasteiger partial charge on any atom is -0.481 e. The number of hydrogen-bond donors (Lipinski definition) is 1. The molecule has 0 saturated carbocycles. The van der Waals surface area contributed by atoms with E-state index < -0.39 is 41.9 Å². The molecule has 0 aliphatic carbocycles. The van der Waals surface area contributed by atoms with Gasteiger partial charge in [-0.15, -0.1) is 0 Å². The summed E-state index contributed by atoms with van der Waals surface area (Å²) in [6.45, 7) is -0.881. The molecular formula is C9H8F5NO2. The van der Waals surface area contributed by atoms with Crippen LogP contribution in [0.2, 0.25) is 0 Å². The summed E-state index contributed by atoms with van der Waals surface area (Å²) < 4.78 is 66.6. The maximum atomic E-state index is 12.5. The normalized spacial score (nSPS) is 12.0. The Labute approximate surface area is 92.8 Å². The van der Waals surface area contributed by atoms with Gasteiger partial charge in [0.2, 0.25) is 5.88 Å². The highest BCUT2D eigenvalue weighted by molar-refractivity contribution is 5.38. The Hall–Kier alpha value is -1.44. The molecule has 0 spiro atoms. The van der Waals surface area contributed by atoms with Crippen LogP contribution in [0, 0.1) is 0 Å². The zero-order valence-corrected chi connectivity index (χ0v) is 8.55. The molecule has 0 amide bonds. The second-order valence-electron chi connectivity index (χ2n) is 3.04. The quantitative estimate of drug-likeness (QED) is 0.846. The van der Waals surface area contributed by atoms with Gasteiger partial charge in [0, 0.05) is 11.1 Å². The first-order valence-corrected chi connectivity index (χ1v) is 4.35. The van der Waals surface area contributed by atoms with Crippen molar-refractivity contribution in [3.05, 3.63) is 22.9 Å². The van der Waals surface area contributed by atoms with E-state index in [1.165, 1.54) is 0 Å². The highest BCUT2D eigenvalue weighted by Gasteiger charge is 2.35. The van der Waals surface area contributed by atoms with Crippen LogP contribution in [0.3, 0.4) is 0 Å². The minimum absolute atomic E-state index is 0.207. The predicted octanol–water partition coefficient (Wildman–Crippen LogP) is 2.54. The van der Waals surface area contributed by atoms with Crippen LogP contribution >= 0.6 is 0 Å². The van der Waals surface area contributed by atoms with E-state index in [2.05, 4.69) is 9.72 Å². The van der Waals surface area contributed by atoms with E-state index in [0.29, 0.717) is 0 Å². The summed E-state index contributed by atoms with van der Waals surface area (Å²) in [7, 11) is 0.983. The Morgan fingerprint density at radius 2 is 2.00 bits per heavy atom. The number of pyridine rings is 1. The van der Waals surface area contributed by atoms with Gasteiger partial charge in [-0.05, 0) is 6.07 Å². The Bertz CT molecular complexity index is 405. The molecule has 0 radical (unpaired) electrons. The number of methoxy groups -OCH3 is 1. The zero-order chi connectivity index (χ0) is 13.2. The van der Waals surface area contributed by atoms with Crippen molar-refractivity contribution in [3.8, 4) is 5.88 Å². The lowest BCUT2D eigenvalue weighted by Gasteiger charge is -2.14. The average molecular weight is 257 g/mol. The second-order valence-corrected chi connectivity index (χ2v) is 3.04. The first-order chi connectivity index (χ1) is 7.81. The highest BCUT2D eigenvalue weighted by atomic mass is 19.4. The van der Waals surface area contributed by atoms with E-state index in [0.717, 1.165) is 7.11 Å². The highest BCUT2D eigenvalue weighted by Crippen LogP contribution is 2.35. The van der Waals surface area contributed by atoms with Crippen molar-refractivity contribution < 1.29 is 31.8 Å². The predicted molar refractivity (Wildman–Crippen MR) is 46.7 cm³/mol. The van der Waals surface area contributed by atoms with Gasteiger partial charge in [-0.2, -0.15) is 13.2 Å². The van der Waals surface area contributed by atoms with Crippen LogP contribution in [-0.2, 0) is 12.8 Å². The van der Waals surface area contributed by atoms with Crippen LogP contribution in [0.1, 0.15) is 23.2 Å². The monoisotopic (exact) mass is 257 g/mol. The van der Waals surface area contributed by atoms with Crippen molar-refractivity contribution >= 4 is 0 Å². The van der Waals surface area contributed by atoms with Gasteiger partial charge in [0.15, 0.2) is 0 Å². The van der Waals surface area contributed by atoms with Gasteiger partial charge in [-0.3, -0.25) is 0 Å². The van der Waals surface area contributed by atoms with Gasteiger partial charge in [0.05, 0.1) is 13.7 Å². The summed E-state index contributed by atoms with van der Waals surface area (Å²) >= 11 is 0. The molecular weight excluding hydrogens is 249 g/mol. The number of alkyl halides is 5. The molecule has 3 nitrogen and oxygen atoms in total. The maximum absolute atomic E-state index is 12.5. The van der Waals surface area contributed by atoms with Gasteiger partial charge in [0.25, 0.3) is 6.43 Å². The topological polar surface area (TPSA) is 42.4 Å². The standard InChI is InChI=1S/C9H8F5NO2/c1-17-8-5(3-16)4(7(10)11)2-6(15-8)9(12,13)14/h2,7,16H,3H2,1H3. The van der Waals surface area contributed by atoms with Crippen molar-refractivity contribution in [1.29, 1.82) is 0 Å². The van der Waals surface area contributed by atoms with Gasteiger partial charge in [0.1, 0.15) is 5.69 Å². The molecule has 0 saturated heterocycles. The van der Waals surface area contributed by atoms with Gasteiger partial charge >= 0.3 is 6.18 Å². The molecule has 0 unspecified atom stereocenters. The van der Waals surface area contributed by atoms with E-state index in [9.17, 15) is 22.0 Å². The lowest BCUT2D eigenvalue weighted by atomic mass is 10.1. The summed E-state index contributed by atoms with van der Waals surface area (Å²) in [6.07, 6.45) is -8.01.